The molecule has 0 aromatic heterocycles. The van der Waals surface area contributed by atoms with Crippen molar-refractivity contribution in [2.45, 2.75) is 83.7 Å². The average Bonchev–Trinajstić information content (AvgIpc) is 2.78. The lowest BCUT2D eigenvalue weighted by atomic mass is 9.77. The number of esters is 1. The van der Waals surface area contributed by atoms with E-state index in [9.17, 15) is 4.79 Å². The van der Waals surface area contributed by atoms with Crippen molar-refractivity contribution in [1.29, 1.82) is 0 Å². The molecule has 1 saturated carbocycles. The number of benzene rings is 2. The Morgan fingerprint density at radius 2 is 1.62 bits per heavy atom. The molecule has 0 bridgehead atoms. The zero-order chi connectivity index (χ0) is 20.5. The summed E-state index contributed by atoms with van der Waals surface area (Å²) in [7, 11) is 0. The highest BCUT2D eigenvalue weighted by Crippen LogP contribution is 2.37. The van der Waals surface area contributed by atoms with Crippen LogP contribution in [0.1, 0.15) is 105 Å². The summed E-state index contributed by atoms with van der Waals surface area (Å²) in [6.45, 7) is 4.33. The van der Waals surface area contributed by atoms with Crippen molar-refractivity contribution in [2.24, 2.45) is 5.92 Å². The summed E-state index contributed by atoms with van der Waals surface area (Å²) < 4.78 is 5.78. The van der Waals surface area contributed by atoms with Gasteiger partial charge in [0.2, 0.25) is 0 Å². The molecule has 0 N–H and O–H groups in total. The predicted octanol–water partition coefficient (Wildman–Crippen LogP) is 7.85. The van der Waals surface area contributed by atoms with Gasteiger partial charge in [0.25, 0.3) is 0 Å². The van der Waals surface area contributed by atoms with Gasteiger partial charge in [0.1, 0.15) is 6.10 Å². The molecule has 0 aliphatic heterocycles. The first-order valence-electron chi connectivity index (χ1n) is 11.6. The molecule has 1 aliphatic carbocycles. The van der Waals surface area contributed by atoms with Gasteiger partial charge in [-0.15, -0.1) is 0 Å². The predicted molar refractivity (Wildman–Crippen MR) is 120 cm³/mol. The molecule has 0 saturated heterocycles. The molecule has 1 fully saturated rings. The molecule has 1 atom stereocenters. The van der Waals surface area contributed by atoms with Crippen LogP contribution in [0.5, 0.6) is 0 Å². The first-order chi connectivity index (χ1) is 14.2. The topological polar surface area (TPSA) is 26.3 Å². The fourth-order valence-corrected chi connectivity index (χ4v) is 4.61. The molecule has 2 aromatic rings. The Morgan fingerprint density at radius 1 is 0.931 bits per heavy atom. The Kier molecular flexibility index (Phi) is 8.34. The smallest absolute Gasteiger partial charge is 0.338 e. The normalized spacial score (nSPS) is 20.2. The molecule has 1 aliphatic rings. The summed E-state index contributed by atoms with van der Waals surface area (Å²) in [5.41, 5.74) is 3.08. The van der Waals surface area contributed by atoms with E-state index in [1.54, 1.807) is 0 Å². The standard InChI is InChI=1S/C27H36O2/c1-3-5-7-10-21-13-15-22(16-14-21)23-17-19-25(20-18-23)27(28)29-26(4-2)24-11-8-6-9-12-24/h6,8-9,11-12,17-22,26H,3-5,7,10,13-16H2,1-2H3/t21?,22?,26-/m1/s1. The number of ether oxygens (including phenoxy) is 1. The maximum absolute atomic E-state index is 12.6. The van der Waals surface area contributed by atoms with Crippen molar-refractivity contribution >= 4 is 5.97 Å². The van der Waals surface area contributed by atoms with Crippen molar-refractivity contribution in [1.82, 2.24) is 0 Å². The number of hydrogen-bond donors (Lipinski definition) is 0. The first kappa shape index (κ1) is 21.6. The Hall–Kier alpha value is -2.09. The van der Waals surface area contributed by atoms with Crippen LogP contribution in [0.15, 0.2) is 54.6 Å². The van der Waals surface area contributed by atoms with Crippen molar-refractivity contribution in [3.05, 3.63) is 71.3 Å². The van der Waals surface area contributed by atoms with Gasteiger partial charge in [0, 0.05) is 0 Å². The summed E-state index contributed by atoms with van der Waals surface area (Å²) in [6, 6.07) is 18.2. The minimum Gasteiger partial charge on any atom is -0.454 e. The number of rotatable bonds is 9. The molecule has 0 radical (unpaired) electrons. The third-order valence-electron chi connectivity index (χ3n) is 6.47. The first-order valence-corrected chi connectivity index (χ1v) is 11.6. The zero-order valence-corrected chi connectivity index (χ0v) is 18.1. The number of unbranched alkanes of at least 4 members (excludes halogenated alkanes) is 2. The van der Waals surface area contributed by atoms with Gasteiger partial charge >= 0.3 is 5.97 Å². The lowest BCUT2D eigenvalue weighted by Gasteiger charge is -2.29. The Labute approximate surface area is 176 Å². The molecule has 3 rings (SSSR count). The van der Waals surface area contributed by atoms with Crippen molar-refractivity contribution in [2.75, 3.05) is 0 Å². The summed E-state index contributed by atoms with van der Waals surface area (Å²) in [5, 5.41) is 0. The van der Waals surface area contributed by atoms with Crippen LogP contribution in [0.25, 0.3) is 0 Å². The highest BCUT2D eigenvalue weighted by atomic mass is 16.5. The second-order valence-electron chi connectivity index (χ2n) is 8.55. The van der Waals surface area contributed by atoms with Gasteiger partial charge in [-0.3, -0.25) is 0 Å². The number of hydrogen-bond acceptors (Lipinski definition) is 2. The summed E-state index contributed by atoms with van der Waals surface area (Å²) >= 11 is 0. The van der Waals surface area contributed by atoms with Crippen LogP contribution in [-0.4, -0.2) is 5.97 Å². The molecule has 0 heterocycles. The fraction of sp³-hybridized carbons (Fsp3) is 0.519. The molecule has 0 amide bonds. The Morgan fingerprint density at radius 3 is 2.24 bits per heavy atom. The van der Waals surface area contributed by atoms with E-state index in [2.05, 4.69) is 19.1 Å². The fourth-order valence-electron chi connectivity index (χ4n) is 4.61. The van der Waals surface area contributed by atoms with Gasteiger partial charge < -0.3 is 4.74 Å². The van der Waals surface area contributed by atoms with Gasteiger partial charge in [0.15, 0.2) is 0 Å². The van der Waals surface area contributed by atoms with Crippen molar-refractivity contribution < 1.29 is 9.53 Å². The van der Waals surface area contributed by atoms with Crippen LogP contribution >= 0.6 is 0 Å². The average molecular weight is 393 g/mol. The molecule has 2 heteroatoms. The van der Waals surface area contributed by atoms with E-state index in [4.69, 9.17) is 4.74 Å². The molecule has 29 heavy (non-hydrogen) atoms. The van der Waals surface area contributed by atoms with E-state index in [1.807, 2.05) is 49.4 Å². The van der Waals surface area contributed by atoms with Crippen molar-refractivity contribution in [3.8, 4) is 0 Å². The van der Waals surface area contributed by atoms with Gasteiger partial charge in [-0.1, -0.05) is 82.0 Å². The highest BCUT2D eigenvalue weighted by Gasteiger charge is 2.22. The highest BCUT2D eigenvalue weighted by molar-refractivity contribution is 5.89. The van der Waals surface area contributed by atoms with E-state index in [1.165, 1.54) is 56.9 Å². The molecule has 2 aromatic carbocycles. The summed E-state index contributed by atoms with van der Waals surface area (Å²) in [6.07, 6.45) is 11.4. The van der Waals surface area contributed by atoms with E-state index in [0.29, 0.717) is 11.5 Å². The van der Waals surface area contributed by atoms with E-state index in [0.717, 1.165) is 17.9 Å². The van der Waals surface area contributed by atoms with Crippen LogP contribution in [0.3, 0.4) is 0 Å². The maximum atomic E-state index is 12.6. The largest absolute Gasteiger partial charge is 0.454 e. The number of carbonyl (C=O) groups excluding carboxylic acids is 1. The third-order valence-corrected chi connectivity index (χ3v) is 6.47. The lowest BCUT2D eigenvalue weighted by Crippen LogP contribution is -2.14. The van der Waals surface area contributed by atoms with Crippen LogP contribution in [0.2, 0.25) is 0 Å². The Balaban J connectivity index is 1.53. The minimum absolute atomic E-state index is 0.189. The van der Waals surface area contributed by atoms with Crippen LogP contribution in [0, 0.1) is 5.92 Å². The van der Waals surface area contributed by atoms with Crippen LogP contribution in [0.4, 0.5) is 0 Å². The van der Waals surface area contributed by atoms with Gasteiger partial charge in [-0.05, 0) is 67.2 Å². The van der Waals surface area contributed by atoms with E-state index in [-0.39, 0.29) is 12.1 Å². The molecule has 156 valence electrons. The van der Waals surface area contributed by atoms with E-state index >= 15 is 0 Å². The molecule has 2 nitrogen and oxygen atoms in total. The van der Waals surface area contributed by atoms with Gasteiger partial charge in [-0.2, -0.15) is 0 Å². The number of carbonyl (C=O) groups is 1. The van der Waals surface area contributed by atoms with Crippen LogP contribution in [-0.2, 0) is 4.74 Å². The monoisotopic (exact) mass is 392 g/mol. The second-order valence-corrected chi connectivity index (χ2v) is 8.55. The van der Waals surface area contributed by atoms with Crippen LogP contribution < -0.4 is 0 Å². The van der Waals surface area contributed by atoms with Gasteiger partial charge in [0.05, 0.1) is 5.56 Å². The quantitative estimate of drug-likeness (QED) is 0.321. The third kappa shape index (κ3) is 6.19. The lowest BCUT2D eigenvalue weighted by molar-refractivity contribution is 0.0288. The molecule has 0 spiro atoms. The molecular weight excluding hydrogens is 356 g/mol. The summed E-state index contributed by atoms with van der Waals surface area (Å²) in [5.74, 6) is 1.35. The Bertz CT molecular complexity index is 727. The molecular formula is C27H36O2. The minimum atomic E-state index is -0.230. The molecule has 0 unspecified atom stereocenters. The maximum Gasteiger partial charge on any atom is 0.338 e. The SMILES string of the molecule is CCCCCC1CCC(c2ccc(C(=O)O[C@H](CC)c3ccccc3)cc2)CC1. The van der Waals surface area contributed by atoms with E-state index < -0.39 is 0 Å². The van der Waals surface area contributed by atoms with Crippen molar-refractivity contribution in [3.63, 3.8) is 0 Å². The summed E-state index contributed by atoms with van der Waals surface area (Å²) in [4.78, 5) is 12.6. The van der Waals surface area contributed by atoms with Gasteiger partial charge in [-0.25, -0.2) is 4.79 Å². The second kappa shape index (κ2) is 11.2. The zero-order valence-electron chi connectivity index (χ0n) is 18.1.